The molecule has 0 aliphatic carbocycles. The Kier molecular flexibility index (Phi) is 10.9. The zero-order chi connectivity index (χ0) is 19.6. The molecular formula is C20H38O5. The van der Waals surface area contributed by atoms with E-state index in [9.17, 15) is 5.11 Å². The lowest BCUT2D eigenvalue weighted by Gasteiger charge is -2.30. The lowest BCUT2D eigenvalue weighted by Crippen LogP contribution is -2.35. The maximum absolute atomic E-state index is 9.96. The number of aliphatic hydroxyl groups is 1. The first-order valence-corrected chi connectivity index (χ1v) is 8.98. The maximum atomic E-state index is 9.96. The van der Waals surface area contributed by atoms with Crippen LogP contribution in [0.1, 0.15) is 61.3 Å². The van der Waals surface area contributed by atoms with Gasteiger partial charge in [-0.1, -0.05) is 5.92 Å². The monoisotopic (exact) mass is 358 g/mol. The molecule has 5 nitrogen and oxygen atoms in total. The van der Waals surface area contributed by atoms with Crippen molar-refractivity contribution in [3.63, 3.8) is 0 Å². The average molecular weight is 359 g/mol. The smallest absolute Gasteiger partial charge is 0.107 e. The lowest BCUT2D eigenvalue weighted by molar-refractivity contribution is -0.116. The standard InChI is InChI=1S/C20H38O5/c1-9-12-22-13-10-19(5,6)23-14-11-20(7,8)25-16-17(21)15-24-18(2,3)4/h1,17,21H,10-16H2,2-8H3. The molecule has 25 heavy (non-hydrogen) atoms. The van der Waals surface area contributed by atoms with E-state index in [2.05, 4.69) is 5.92 Å². The summed E-state index contributed by atoms with van der Waals surface area (Å²) in [4.78, 5) is 0. The molecule has 0 fully saturated rings. The molecule has 1 unspecified atom stereocenters. The van der Waals surface area contributed by atoms with E-state index in [1.54, 1.807) is 0 Å². The summed E-state index contributed by atoms with van der Waals surface area (Å²) in [5.41, 5.74) is -0.913. The Bertz CT molecular complexity index is 390. The molecule has 0 aromatic rings. The second-order valence-corrected chi connectivity index (χ2v) is 8.51. The minimum atomic E-state index is -0.635. The van der Waals surface area contributed by atoms with E-state index in [0.717, 1.165) is 12.8 Å². The van der Waals surface area contributed by atoms with Crippen LogP contribution >= 0.6 is 0 Å². The van der Waals surface area contributed by atoms with Gasteiger partial charge in [0.1, 0.15) is 12.7 Å². The Balaban J connectivity index is 4.01. The van der Waals surface area contributed by atoms with E-state index in [0.29, 0.717) is 19.8 Å². The molecular weight excluding hydrogens is 320 g/mol. The molecule has 1 atom stereocenters. The number of hydrogen-bond acceptors (Lipinski definition) is 5. The van der Waals surface area contributed by atoms with Crippen molar-refractivity contribution in [1.82, 2.24) is 0 Å². The highest BCUT2D eigenvalue weighted by Crippen LogP contribution is 2.20. The van der Waals surface area contributed by atoms with Crippen LogP contribution in [0.25, 0.3) is 0 Å². The summed E-state index contributed by atoms with van der Waals surface area (Å²) < 4.78 is 22.6. The molecule has 0 rings (SSSR count). The fraction of sp³-hybridized carbons (Fsp3) is 0.900. The van der Waals surface area contributed by atoms with Crippen LogP contribution in [0.15, 0.2) is 0 Å². The van der Waals surface area contributed by atoms with Crippen molar-refractivity contribution < 1.29 is 24.1 Å². The van der Waals surface area contributed by atoms with E-state index >= 15 is 0 Å². The van der Waals surface area contributed by atoms with E-state index in [4.69, 9.17) is 25.4 Å². The zero-order valence-corrected chi connectivity index (χ0v) is 17.2. The summed E-state index contributed by atoms with van der Waals surface area (Å²) in [7, 11) is 0. The van der Waals surface area contributed by atoms with Crippen LogP contribution in [0.2, 0.25) is 0 Å². The van der Waals surface area contributed by atoms with Gasteiger partial charge in [0.15, 0.2) is 0 Å². The quantitative estimate of drug-likeness (QED) is 0.405. The van der Waals surface area contributed by atoms with Gasteiger partial charge in [0.25, 0.3) is 0 Å². The Hall–Kier alpha value is -0.640. The number of hydrogen-bond donors (Lipinski definition) is 1. The molecule has 0 saturated heterocycles. The lowest BCUT2D eigenvalue weighted by atomic mass is 10.0. The minimum absolute atomic E-state index is 0.242. The molecule has 0 bridgehead atoms. The van der Waals surface area contributed by atoms with Crippen LogP contribution in [-0.2, 0) is 18.9 Å². The van der Waals surface area contributed by atoms with Gasteiger partial charge in [0.05, 0.1) is 43.2 Å². The fourth-order valence-electron chi connectivity index (χ4n) is 1.88. The number of terminal acetylenes is 1. The SMILES string of the molecule is C#CCOCCC(C)(C)OCCC(C)(C)OCC(O)COC(C)(C)C. The van der Waals surface area contributed by atoms with Gasteiger partial charge in [-0.2, -0.15) is 0 Å². The predicted molar refractivity (Wildman–Crippen MR) is 101 cm³/mol. The summed E-state index contributed by atoms with van der Waals surface area (Å²) in [6.45, 7) is 15.9. The highest BCUT2D eigenvalue weighted by Gasteiger charge is 2.24. The Morgan fingerprint density at radius 1 is 0.840 bits per heavy atom. The third-order valence-corrected chi connectivity index (χ3v) is 3.61. The van der Waals surface area contributed by atoms with E-state index < -0.39 is 6.10 Å². The van der Waals surface area contributed by atoms with Crippen molar-refractivity contribution in [2.45, 2.75) is 84.2 Å². The Labute approximate surface area is 154 Å². The first-order chi connectivity index (χ1) is 11.4. The molecule has 0 saturated carbocycles. The topological polar surface area (TPSA) is 57.2 Å². The summed E-state index contributed by atoms with van der Waals surface area (Å²) in [6.07, 6.45) is 6.02. The van der Waals surface area contributed by atoms with Gasteiger partial charge in [-0.25, -0.2) is 0 Å². The summed E-state index contributed by atoms with van der Waals surface area (Å²) in [5, 5.41) is 9.96. The van der Waals surface area contributed by atoms with Crippen LogP contribution in [0.5, 0.6) is 0 Å². The second-order valence-electron chi connectivity index (χ2n) is 8.51. The first-order valence-electron chi connectivity index (χ1n) is 8.98. The third kappa shape index (κ3) is 15.3. The Morgan fingerprint density at radius 2 is 1.36 bits per heavy atom. The average Bonchev–Trinajstić information content (AvgIpc) is 2.46. The van der Waals surface area contributed by atoms with Gasteiger partial charge < -0.3 is 24.1 Å². The van der Waals surface area contributed by atoms with Gasteiger partial charge in [-0.15, -0.1) is 6.42 Å². The normalized spacial score (nSPS) is 14.4. The third-order valence-electron chi connectivity index (χ3n) is 3.61. The zero-order valence-electron chi connectivity index (χ0n) is 17.2. The number of ether oxygens (including phenoxy) is 4. The maximum Gasteiger partial charge on any atom is 0.107 e. The van der Waals surface area contributed by atoms with Gasteiger partial charge >= 0.3 is 0 Å². The number of rotatable bonds is 13. The molecule has 5 heteroatoms. The van der Waals surface area contributed by atoms with Crippen LogP contribution in [-0.4, -0.2) is 61.0 Å². The van der Waals surface area contributed by atoms with Gasteiger partial charge in [-0.05, 0) is 61.3 Å². The highest BCUT2D eigenvalue weighted by atomic mass is 16.5. The molecule has 0 aromatic heterocycles. The molecule has 0 heterocycles. The van der Waals surface area contributed by atoms with Crippen molar-refractivity contribution in [2.75, 3.05) is 33.0 Å². The molecule has 148 valence electrons. The van der Waals surface area contributed by atoms with Crippen LogP contribution in [0, 0.1) is 12.3 Å². The van der Waals surface area contributed by atoms with E-state index in [1.165, 1.54) is 0 Å². The Morgan fingerprint density at radius 3 is 1.92 bits per heavy atom. The van der Waals surface area contributed by atoms with E-state index in [1.807, 2.05) is 48.5 Å². The summed E-state index contributed by atoms with van der Waals surface area (Å²) >= 11 is 0. The van der Waals surface area contributed by atoms with Crippen molar-refractivity contribution in [3.05, 3.63) is 0 Å². The summed E-state index contributed by atoms with van der Waals surface area (Å²) in [6, 6.07) is 0. The molecule has 0 aliphatic heterocycles. The largest absolute Gasteiger partial charge is 0.388 e. The van der Waals surface area contributed by atoms with Gasteiger partial charge in [0.2, 0.25) is 0 Å². The van der Waals surface area contributed by atoms with Crippen molar-refractivity contribution in [3.8, 4) is 12.3 Å². The molecule has 0 amide bonds. The first kappa shape index (κ1) is 24.4. The van der Waals surface area contributed by atoms with Gasteiger partial charge in [-0.3, -0.25) is 0 Å². The number of aliphatic hydroxyl groups excluding tert-OH is 1. The van der Waals surface area contributed by atoms with E-state index in [-0.39, 0.29) is 30.0 Å². The van der Waals surface area contributed by atoms with Crippen molar-refractivity contribution in [2.24, 2.45) is 0 Å². The van der Waals surface area contributed by atoms with Crippen LogP contribution in [0.4, 0.5) is 0 Å². The molecule has 0 spiro atoms. The molecule has 0 aliphatic rings. The molecule has 1 N–H and O–H groups in total. The summed E-state index contributed by atoms with van der Waals surface area (Å²) in [5.74, 6) is 2.45. The van der Waals surface area contributed by atoms with Crippen molar-refractivity contribution in [1.29, 1.82) is 0 Å². The van der Waals surface area contributed by atoms with Gasteiger partial charge in [0, 0.05) is 0 Å². The van der Waals surface area contributed by atoms with Crippen LogP contribution in [0.3, 0.4) is 0 Å². The minimum Gasteiger partial charge on any atom is -0.388 e. The van der Waals surface area contributed by atoms with Crippen molar-refractivity contribution >= 4 is 0 Å². The molecule has 0 radical (unpaired) electrons. The predicted octanol–water partition coefficient (Wildman–Crippen LogP) is 3.18. The van der Waals surface area contributed by atoms with Crippen LogP contribution < -0.4 is 0 Å². The second kappa shape index (κ2) is 11.2. The fourth-order valence-corrected chi connectivity index (χ4v) is 1.88. The molecule has 0 aromatic carbocycles. The highest BCUT2D eigenvalue weighted by molar-refractivity contribution is 4.83.